The maximum Gasteiger partial charge on any atom is 0.416 e. The van der Waals surface area contributed by atoms with Gasteiger partial charge in [-0.2, -0.15) is 13.2 Å². The summed E-state index contributed by atoms with van der Waals surface area (Å²) in [4.78, 5) is 27.8. The van der Waals surface area contributed by atoms with Crippen LogP contribution in [0.1, 0.15) is 16.1 Å². The number of methoxy groups -OCH3 is 1. The first-order valence-corrected chi connectivity index (χ1v) is 7.90. The zero-order valence-corrected chi connectivity index (χ0v) is 14.4. The molecule has 0 saturated carbocycles. The van der Waals surface area contributed by atoms with Crippen LogP contribution in [-0.4, -0.2) is 18.0 Å². The number of carbonyl (C=O) groups excluding carboxylic acids is 1. The number of alkyl halides is 3. The zero-order valence-electron chi connectivity index (χ0n) is 14.4. The summed E-state index contributed by atoms with van der Waals surface area (Å²) in [5.41, 5.74) is -0.509. The lowest BCUT2D eigenvalue weighted by Gasteiger charge is -2.09. The molecule has 0 atom stereocenters. The molecule has 0 spiro atoms. The van der Waals surface area contributed by atoms with Crippen LogP contribution in [0.3, 0.4) is 0 Å². The van der Waals surface area contributed by atoms with Crippen molar-refractivity contribution in [1.82, 2.24) is 4.98 Å². The number of rotatable bonds is 4. The third-order valence-electron chi connectivity index (χ3n) is 3.77. The summed E-state index contributed by atoms with van der Waals surface area (Å²) in [5, 5.41) is 2.43. The number of halogens is 3. The van der Waals surface area contributed by atoms with Gasteiger partial charge in [-0.1, -0.05) is 12.1 Å². The SMILES string of the molecule is COc1coc(C(=O)Nc2ccc(-c3cccc(C(F)(F)F)c3)cn2)cc1=O. The van der Waals surface area contributed by atoms with E-state index < -0.39 is 23.1 Å². The zero-order chi connectivity index (χ0) is 20.3. The highest BCUT2D eigenvalue weighted by molar-refractivity contribution is 6.01. The number of carbonyl (C=O) groups is 1. The van der Waals surface area contributed by atoms with Crippen LogP contribution >= 0.6 is 0 Å². The van der Waals surface area contributed by atoms with Gasteiger partial charge in [0, 0.05) is 17.8 Å². The quantitative estimate of drug-likeness (QED) is 0.729. The van der Waals surface area contributed by atoms with E-state index in [9.17, 15) is 22.8 Å². The van der Waals surface area contributed by atoms with Crippen molar-refractivity contribution in [2.24, 2.45) is 0 Å². The molecule has 1 N–H and O–H groups in total. The van der Waals surface area contributed by atoms with Crippen LogP contribution < -0.4 is 15.5 Å². The Labute approximate surface area is 156 Å². The molecule has 0 aliphatic heterocycles. The van der Waals surface area contributed by atoms with Gasteiger partial charge < -0.3 is 14.5 Å². The molecule has 0 aliphatic rings. The fraction of sp³-hybridized carbons (Fsp3) is 0.105. The summed E-state index contributed by atoms with van der Waals surface area (Å²) in [6.45, 7) is 0. The van der Waals surface area contributed by atoms with Crippen LogP contribution in [0.25, 0.3) is 11.1 Å². The van der Waals surface area contributed by atoms with E-state index in [0.29, 0.717) is 11.1 Å². The van der Waals surface area contributed by atoms with Crippen molar-refractivity contribution >= 4 is 11.7 Å². The number of hydrogen-bond acceptors (Lipinski definition) is 5. The van der Waals surface area contributed by atoms with Crippen molar-refractivity contribution < 1.29 is 27.1 Å². The Hall–Kier alpha value is -3.62. The fourth-order valence-electron chi connectivity index (χ4n) is 2.36. The molecule has 2 heterocycles. The molecule has 0 aliphatic carbocycles. The molecular formula is C19H13F3N2O4. The van der Waals surface area contributed by atoms with Gasteiger partial charge in [-0.25, -0.2) is 4.98 Å². The number of pyridine rings is 1. The lowest BCUT2D eigenvalue weighted by atomic mass is 10.0. The molecule has 3 aromatic rings. The second-order valence-corrected chi connectivity index (χ2v) is 5.64. The molecule has 1 amide bonds. The highest BCUT2D eigenvalue weighted by Crippen LogP contribution is 2.32. The molecule has 0 saturated heterocycles. The van der Waals surface area contributed by atoms with E-state index in [2.05, 4.69) is 10.3 Å². The van der Waals surface area contributed by atoms with Crippen LogP contribution in [0.5, 0.6) is 5.75 Å². The largest absolute Gasteiger partial charge is 0.490 e. The normalized spacial score (nSPS) is 11.1. The minimum Gasteiger partial charge on any atom is -0.490 e. The average molecular weight is 390 g/mol. The summed E-state index contributed by atoms with van der Waals surface area (Å²) >= 11 is 0. The monoisotopic (exact) mass is 390 g/mol. The van der Waals surface area contributed by atoms with E-state index in [4.69, 9.17) is 9.15 Å². The molecule has 2 aromatic heterocycles. The summed E-state index contributed by atoms with van der Waals surface area (Å²) in [6.07, 6.45) is -2.10. The highest BCUT2D eigenvalue weighted by atomic mass is 19.4. The lowest BCUT2D eigenvalue weighted by molar-refractivity contribution is -0.137. The van der Waals surface area contributed by atoms with E-state index in [1.807, 2.05) is 0 Å². The number of ether oxygens (including phenoxy) is 1. The van der Waals surface area contributed by atoms with E-state index in [1.54, 1.807) is 0 Å². The van der Waals surface area contributed by atoms with Crippen molar-refractivity contribution in [2.45, 2.75) is 6.18 Å². The van der Waals surface area contributed by atoms with E-state index in [-0.39, 0.29) is 17.3 Å². The summed E-state index contributed by atoms with van der Waals surface area (Å²) in [7, 11) is 1.29. The third kappa shape index (κ3) is 4.20. The first kappa shape index (κ1) is 19.2. The van der Waals surface area contributed by atoms with Gasteiger partial charge in [0.2, 0.25) is 11.2 Å². The molecule has 0 radical (unpaired) electrons. The minimum absolute atomic E-state index is 0.0416. The van der Waals surface area contributed by atoms with Crippen molar-refractivity contribution in [3.63, 3.8) is 0 Å². The van der Waals surface area contributed by atoms with Gasteiger partial charge in [-0.3, -0.25) is 9.59 Å². The Kier molecular flexibility index (Phi) is 5.16. The van der Waals surface area contributed by atoms with Crippen LogP contribution in [-0.2, 0) is 6.18 Å². The molecule has 9 heteroatoms. The first-order valence-electron chi connectivity index (χ1n) is 7.90. The fourth-order valence-corrected chi connectivity index (χ4v) is 2.36. The molecule has 0 unspecified atom stereocenters. The van der Waals surface area contributed by atoms with Crippen molar-refractivity contribution in [3.8, 4) is 16.9 Å². The number of hydrogen-bond donors (Lipinski definition) is 1. The van der Waals surface area contributed by atoms with E-state index in [0.717, 1.165) is 24.5 Å². The number of amides is 1. The van der Waals surface area contributed by atoms with Crippen molar-refractivity contribution in [2.75, 3.05) is 12.4 Å². The predicted molar refractivity (Wildman–Crippen MR) is 94.2 cm³/mol. The van der Waals surface area contributed by atoms with Gasteiger partial charge in [0.25, 0.3) is 5.91 Å². The summed E-state index contributed by atoms with van der Waals surface area (Å²) in [6, 6.07) is 8.74. The standard InChI is InChI=1S/C19H13F3N2O4/c1-27-16-10-28-15(8-14(16)25)18(26)24-17-6-5-12(9-23-17)11-3-2-4-13(7-11)19(20,21)22/h2-10H,1H3,(H,23,24,26). The van der Waals surface area contributed by atoms with Crippen molar-refractivity contribution in [3.05, 3.63) is 76.5 Å². The molecule has 28 heavy (non-hydrogen) atoms. The molecule has 3 rings (SSSR count). The Balaban J connectivity index is 1.77. The Morgan fingerprint density at radius 3 is 2.54 bits per heavy atom. The first-order chi connectivity index (χ1) is 13.3. The molecular weight excluding hydrogens is 377 g/mol. The summed E-state index contributed by atoms with van der Waals surface area (Å²) in [5.74, 6) is -0.854. The van der Waals surface area contributed by atoms with Gasteiger partial charge in [-0.15, -0.1) is 0 Å². The maximum atomic E-state index is 12.8. The molecule has 0 bridgehead atoms. The Bertz CT molecular complexity index is 1060. The van der Waals surface area contributed by atoms with E-state index >= 15 is 0 Å². The molecule has 144 valence electrons. The smallest absolute Gasteiger partial charge is 0.416 e. The number of nitrogens with one attached hydrogen (secondary N) is 1. The lowest BCUT2D eigenvalue weighted by Crippen LogP contribution is -2.16. The van der Waals surface area contributed by atoms with Crippen LogP contribution in [0, 0.1) is 0 Å². The number of nitrogens with zero attached hydrogens (tertiary/aromatic N) is 1. The second kappa shape index (κ2) is 7.55. The topological polar surface area (TPSA) is 81.4 Å². The van der Waals surface area contributed by atoms with Gasteiger partial charge in [0.1, 0.15) is 12.1 Å². The Morgan fingerprint density at radius 1 is 1.14 bits per heavy atom. The van der Waals surface area contributed by atoms with Gasteiger partial charge in [-0.05, 0) is 29.8 Å². The van der Waals surface area contributed by atoms with Crippen LogP contribution in [0.4, 0.5) is 19.0 Å². The maximum absolute atomic E-state index is 12.8. The van der Waals surface area contributed by atoms with Crippen LogP contribution in [0.15, 0.2) is 64.1 Å². The minimum atomic E-state index is -4.44. The van der Waals surface area contributed by atoms with Crippen LogP contribution in [0.2, 0.25) is 0 Å². The highest BCUT2D eigenvalue weighted by Gasteiger charge is 2.30. The average Bonchev–Trinajstić information content (AvgIpc) is 2.68. The predicted octanol–water partition coefficient (Wildman–Crippen LogP) is 3.98. The second-order valence-electron chi connectivity index (χ2n) is 5.64. The number of aromatic nitrogens is 1. The molecule has 0 fully saturated rings. The van der Waals surface area contributed by atoms with Gasteiger partial charge in [0.15, 0.2) is 5.76 Å². The van der Waals surface area contributed by atoms with Gasteiger partial charge >= 0.3 is 6.18 Å². The molecule has 1 aromatic carbocycles. The third-order valence-corrected chi connectivity index (χ3v) is 3.77. The number of benzene rings is 1. The Morgan fingerprint density at radius 2 is 1.93 bits per heavy atom. The molecule has 6 nitrogen and oxygen atoms in total. The number of anilines is 1. The van der Waals surface area contributed by atoms with E-state index in [1.165, 1.54) is 37.6 Å². The summed E-state index contributed by atoms with van der Waals surface area (Å²) < 4.78 is 48.3. The van der Waals surface area contributed by atoms with Gasteiger partial charge in [0.05, 0.1) is 12.7 Å². The van der Waals surface area contributed by atoms with Crippen molar-refractivity contribution in [1.29, 1.82) is 0 Å².